The molecule has 110 valence electrons. The Morgan fingerprint density at radius 1 is 1.48 bits per heavy atom. The number of carbonyl (C=O) groups is 1. The molecule has 9 heteroatoms. The highest BCUT2D eigenvalue weighted by atomic mass is 16.6. The van der Waals surface area contributed by atoms with Gasteiger partial charge in [0, 0.05) is 19.3 Å². The lowest BCUT2D eigenvalue weighted by Crippen LogP contribution is -2.11. The van der Waals surface area contributed by atoms with Gasteiger partial charge in [-0.1, -0.05) is 0 Å². The maximum Gasteiger partial charge on any atom is 0.356 e. The van der Waals surface area contributed by atoms with Crippen LogP contribution in [0.4, 0.5) is 11.5 Å². The lowest BCUT2D eigenvalue weighted by Gasteiger charge is -2.08. The van der Waals surface area contributed by atoms with Crippen LogP contribution < -0.4 is 5.32 Å². The van der Waals surface area contributed by atoms with Gasteiger partial charge in [-0.25, -0.2) is 9.78 Å². The van der Waals surface area contributed by atoms with Crippen molar-refractivity contribution in [1.82, 2.24) is 14.8 Å². The van der Waals surface area contributed by atoms with Gasteiger partial charge in [-0.05, 0) is 12.1 Å². The van der Waals surface area contributed by atoms with E-state index in [2.05, 4.69) is 20.1 Å². The zero-order valence-corrected chi connectivity index (χ0v) is 11.4. The SMILES string of the molecule is COC(=O)c1ccc([N+](=O)[O-])c(NCc2ccnn2C)n1. The van der Waals surface area contributed by atoms with Crippen LogP contribution in [0.15, 0.2) is 24.4 Å². The highest BCUT2D eigenvalue weighted by Gasteiger charge is 2.19. The van der Waals surface area contributed by atoms with Gasteiger partial charge in [-0.2, -0.15) is 5.10 Å². The molecule has 1 N–H and O–H groups in total. The highest BCUT2D eigenvalue weighted by Crippen LogP contribution is 2.23. The Balaban J connectivity index is 2.28. The second kappa shape index (κ2) is 5.99. The average molecular weight is 291 g/mol. The number of hydrogen-bond acceptors (Lipinski definition) is 7. The summed E-state index contributed by atoms with van der Waals surface area (Å²) in [5, 5.41) is 17.8. The molecule has 2 aromatic rings. The lowest BCUT2D eigenvalue weighted by atomic mass is 10.3. The molecule has 2 rings (SSSR count). The van der Waals surface area contributed by atoms with Crippen molar-refractivity contribution in [1.29, 1.82) is 0 Å². The number of nitrogens with one attached hydrogen (secondary N) is 1. The number of nitrogens with zero attached hydrogens (tertiary/aromatic N) is 4. The molecular weight excluding hydrogens is 278 g/mol. The van der Waals surface area contributed by atoms with Gasteiger partial charge in [0.15, 0.2) is 5.69 Å². The molecule has 0 aliphatic rings. The Labute approximate surface area is 119 Å². The van der Waals surface area contributed by atoms with Gasteiger partial charge in [-0.15, -0.1) is 0 Å². The summed E-state index contributed by atoms with van der Waals surface area (Å²) in [4.78, 5) is 25.8. The molecule has 9 nitrogen and oxygen atoms in total. The van der Waals surface area contributed by atoms with Crippen LogP contribution in [0.2, 0.25) is 0 Å². The summed E-state index contributed by atoms with van der Waals surface area (Å²) < 4.78 is 6.18. The fraction of sp³-hybridized carbons (Fsp3) is 0.250. The second-order valence-electron chi connectivity index (χ2n) is 4.11. The number of aryl methyl sites for hydroxylation is 1. The fourth-order valence-corrected chi connectivity index (χ4v) is 1.70. The molecule has 0 unspecified atom stereocenters. The summed E-state index contributed by atoms with van der Waals surface area (Å²) in [6.45, 7) is 0.287. The van der Waals surface area contributed by atoms with Crippen molar-refractivity contribution < 1.29 is 14.5 Å². The van der Waals surface area contributed by atoms with Gasteiger partial charge in [-0.3, -0.25) is 14.8 Å². The smallest absolute Gasteiger partial charge is 0.356 e. The third-order valence-electron chi connectivity index (χ3n) is 2.82. The number of pyridine rings is 1. The summed E-state index contributed by atoms with van der Waals surface area (Å²) in [5.41, 5.74) is 0.593. The van der Waals surface area contributed by atoms with E-state index < -0.39 is 10.9 Å². The maximum absolute atomic E-state index is 11.4. The van der Waals surface area contributed by atoms with Gasteiger partial charge >= 0.3 is 11.7 Å². The van der Waals surface area contributed by atoms with Crippen molar-refractivity contribution >= 4 is 17.5 Å². The number of hydrogen-bond donors (Lipinski definition) is 1. The molecule has 0 aliphatic carbocycles. The lowest BCUT2D eigenvalue weighted by molar-refractivity contribution is -0.384. The van der Waals surface area contributed by atoms with Crippen LogP contribution in [0.1, 0.15) is 16.2 Å². The standard InChI is InChI=1S/C12H13N5O4/c1-16-8(5-6-14-16)7-13-11-10(17(19)20)4-3-9(15-11)12(18)21-2/h3-6H,7H2,1-2H3,(H,13,15). The van der Waals surface area contributed by atoms with Gasteiger partial charge in [0.1, 0.15) is 0 Å². The molecule has 0 bridgehead atoms. The first kappa shape index (κ1) is 14.4. The third kappa shape index (κ3) is 3.14. The van der Waals surface area contributed by atoms with Crippen LogP contribution in [0, 0.1) is 10.1 Å². The Kier molecular flexibility index (Phi) is 4.12. The monoisotopic (exact) mass is 291 g/mol. The molecule has 0 radical (unpaired) electrons. The van der Waals surface area contributed by atoms with Crippen LogP contribution in [0.25, 0.3) is 0 Å². The molecule has 0 atom stereocenters. The minimum atomic E-state index is -0.659. The van der Waals surface area contributed by atoms with Gasteiger partial charge < -0.3 is 10.1 Å². The van der Waals surface area contributed by atoms with Crippen molar-refractivity contribution in [3.8, 4) is 0 Å². The van der Waals surface area contributed by atoms with Crippen molar-refractivity contribution in [3.63, 3.8) is 0 Å². The molecule has 2 aromatic heterocycles. The molecular formula is C12H13N5O4. The largest absolute Gasteiger partial charge is 0.464 e. The summed E-state index contributed by atoms with van der Waals surface area (Å²) in [7, 11) is 2.97. The van der Waals surface area contributed by atoms with Crippen LogP contribution >= 0.6 is 0 Å². The van der Waals surface area contributed by atoms with E-state index >= 15 is 0 Å². The van der Waals surface area contributed by atoms with Gasteiger partial charge in [0.05, 0.1) is 24.3 Å². The van der Waals surface area contributed by atoms with Crippen LogP contribution in [-0.4, -0.2) is 32.8 Å². The Morgan fingerprint density at radius 3 is 2.81 bits per heavy atom. The molecule has 21 heavy (non-hydrogen) atoms. The quantitative estimate of drug-likeness (QED) is 0.499. The van der Waals surface area contributed by atoms with E-state index in [4.69, 9.17) is 0 Å². The average Bonchev–Trinajstić information content (AvgIpc) is 2.89. The number of methoxy groups -OCH3 is 1. The molecule has 0 aromatic carbocycles. The van der Waals surface area contributed by atoms with E-state index in [0.717, 1.165) is 5.69 Å². The van der Waals surface area contributed by atoms with Gasteiger partial charge in [0.2, 0.25) is 5.82 Å². The van der Waals surface area contributed by atoms with E-state index in [1.165, 1.54) is 19.2 Å². The zero-order chi connectivity index (χ0) is 15.4. The number of nitro groups is 1. The van der Waals surface area contributed by atoms with E-state index in [9.17, 15) is 14.9 Å². The van der Waals surface area contributed by atoms with Crippen molar-refractivity contribution in [2.24, 2.45) is 7.05 Å². The van der Waals surface area contributed by atoms with Crippen LogP contribution in [-0.2, 0) is 18.3 Å². The molecule has 0 saturated heterocycles. The number of ether oxygens (including phenoxy) is 1. The number of carbonyl (C=O) groups excluding carboxylic acids is 1. The first-order valence-corrected chi connectivity index (χ1v) is 5.97. The number of rotatable bonds is 5. The molecule has 2 heterocycles. The van der Waals surface area contributed by atoms with E-state index in [0.29, 0.717) is 0 Å². The summed E-state index contributed by atoms with van der Waals surface area (Å²) in [5.74, 6) is -0.655. The minimum absolute atomic E-state index is 0.00380. The first-order chi connectivity index (χ1) is 10.0. The molecule has 0 spiro atoms. The van der Waals surface area contributed by atoms with Crippen molar-refractivity contribution in [3.05, 3.63) is 45.9 Å². The van der Waals surface area contributed by atoms with E-state index in [-0.39, 0.29) is 23.7 Å². The predicted octanol–water partition coefficient (Wildman–Crippen LogP) is 1.12. The minimum Gasteiger partial charge on any atom is -0.464 e. The second-order valence-corrected chi connectivity index (χ2v) is 4.11. The number of aromatic nitrogens is 3. The summed E-state index contributed by atoms with van der Waals surface area (Å²) in [6.07, 6.45) is 1.61. The number of esters is 1. The molecule has 0 saturated carbocycles. The van der Waals surface area contributed by atoms with Crippen LogP contribution in [0.5, 0.6) is 0 Å². The first-order valence-electron chi connectivity index (χ1n) is 5.97. The van der Waals surface area contributed by atoms with Crippen molar-refractivity contribution in [2.75, 3.05) is 12.4 Å². The normalized spacial score (nSPS) is 10.2. The van der Waals surface area contributed by atoms with Gasteiger partial charge in [0.25, 0.3) is 0 Å². The zero-order valence-electron chi connectivity index (χ0n) is 11.4. The topological polar surface area (TPSA) is 112 Å². The Bertz CT molecular complexity index is 682. The predicted molar refractivity (Wildman–Crippen MR) is 72.8 cm³/mol. The Hall–Kier alpha value is -2.97. The molecule has 0 aliphatic heterocycles. The molecule has 0 fully saturated rings. The Morgan fingerprint density at radius 2 is 2.24 bits per heavy atom. The van der Waals surface area contributed by atoms with E-state index in [1.807, 2.05) is 0 Å². The van der Waals surface area contributed by atoms with Crippen LogP contribution in [0.3, 0.4) is 0 Å². The summed E-state index contributed by atoms with van der Waals surface area (Å²) >= 11 is 0. The van der Waals surface area contributed by atoms with E-state index in [1.54, 1.807) is 24.0 Å². The summed E-state index contributed by atoms with van der Waals surface area (Å²) in [6, 6.07) is 4.23. The number of anilines is 1. The third-order valence-corrected chi connectivity index (χ3v) is 2.82. The highest BCUT2D eigenvalue weighted by molar-refractivity contribution is 5.88. The van der Waals surface area contributed by atoms with Crippen molar-refractivity contribution in [2.45, 2.75) is 6.54 Å². The molecule has 0 amide bonds. The fourth-order valence-electron chi connectivity index (χ4n) is 1.70. The maximum atomic E-state index is 11.4.